The highest BCUT2D eigenvalue weighted by atomic mass is 15.3. The minimum atomic E-state index is 0.0625. The van der Waals surface area contributed by atoms with Crippen LogP contribution < -0.4 is 0 Å². The van der Waals surface area contributed by atoms with Crippen molar-refractivity contribution in [3.63, 3.8) is 0 Å². The van der Waals surface area contributed by atoms with E-state index in [9.17, 15) is 0 Å². The molecule has 102 valence electrons. The monoisotopic (exact) mass is 257 g/mol. The highest BCUT2D eigenvalue weighted by Crippen LogP contribution is 2.27. The quantitative estimate of drug-likeness (QED) is 0.814. The van der Waals surface area contributed by atoms with E-state index in [4.69, 9.17) is 5.10 Å². The van der Waals surface area contributed by atoms with Crippen LogP contribution in [-0.4, -0.2) is 14.8 Å². The molecule has 3 nitrogen and oxygen atoms in total. The summed E-state index contributed by atoms with van der Waals surface area (Å²) in [6.45, 7) is 13.0. The van der Waals surface area contributed by atoms with E-state index in [0.717, 1.165) is 17.1 Å². The van der Waals surface area contributed by atoms with Crippen LogP contribution in [0.4, 0.5) is 0 Å². The maximum atomic E-state index is 4.78. The van der Waals surface area contributed by atoms with Crippen LogP contribution in [0.25, 0.3) is 5.69 Å². The van der Waals surface area contributed by atoms with E-state index in [2.05, 4.69) is 51.7 Å². The van der Waals surface area contributed by atoms with Crippen LogP contribution in [0, 0.1) is 6.92 Å². The molecule has 0 radical (unpaired) electrons. The molecule has 0 aliphatic rings. The van der Waals surface area contributed by atoms with Gasteiger partial charge >= 0.3 is 0 Å². The summed E-state index contributed by atoms with van der Waals surface area (Å²) in [5.74, 6) is 0.435. The second kappa shape index (κ2) is 4.80. The van der Waals surface area contributed by atoms with Crippen LogP contribution in [-0.2, 0) is 5.41 Å². The summed E-state index contributed by atoms with van der Waals surface area (Å²) in [6, 6.07) is 6.32. The Hall–Kier alpha value is -1.64. The molecule has 0 unspecified atom stereocenters. The minimum Gasteiger partial charge on any atom is -0.259 e. The van der Waals surface area contributed by atoms with Gasteiger partial charge in [0.1, 0.15) is 0 Å². The molecule has 0 aliphatic heterocycles. The number of aryl methyl sites for hydroxylation is 1. The van der Waals surface area contributed by atoms with Gasteiger partial charge in [-0.2, -0.15) is 5.10 Å². The normalized spacial score (nSPS) is 12.2. The van der Waals surface area contributed by atoms with Crippen molar-refractivity contribution in [1.29, 1.82) is 0 Å². The summed E-state index contributed by atoms with van der Waals surface area (Å²) in [4.78, 5) is 4.37. The lowest BCUT2D eigenvalue weighted by Gasteiger charge is -2.14. The lowest BCUT2D eigenvalue weighted by molar-refractivity contribution is 0.559. The zero-order valence-electron chi connectivity index (χ0n) is 12.7. The molecule has 0 aromatic carbocycles. The number of rotatable bonds is 2. The van der Waals surface area contributed by atoms with Crippen LogP contribution in [0.2, 0.25) is 0 Å². The van der Waals surface area contributed by atoms with Crippen LogP contribution >= 0.6 is 0 Å². The Morgan fingerprint density at radius 3 is 2.32 bits per heavy atom. The smallest absolute Gasteiger partial charge is 0.0832 e. The van der Waals surface area contributed by atoms with E-state index in [1.54, 1.807) is 0 Å². The first kappa shape index (κ1) is 13.8. The predicted molar refractivity (Wildman–Crippen MR) is 78.9 cm³/mol. The molecular weight excluding hydrogens is 234 g/mol. The molecule has 2 heterocycles. The van der Waals surface area contributed by atoms with Crippen molar-refractivity contribution in [2.75, 3.05) is 0 Å². The zero-order chi connectivity index (χ0) is 14.2. The summed E-state index contributed by atoms with van der Waals surface area (Å²) in [5, 5.41) is 4.78. The van der Waals surface area contributed by atoms with Crippen LogP contribution in [0.1, 0.15) is 57.6 Å². The third-order valence-electron chi connectivity index (χ3n) is 3.24. The Bertz CT molecular complexity index is 557. The van der Waals surface area contributed by atoms with Gasteiger partial charge in [0.2, 0.25) is 0 Å². The molecule has 0 saturated heterocycles. The molecule has 0 fully saturated rings. The molecule has 0 bridgehead atoms. The summed E-state index contributed by atoms with van der Waals surface area (Å²) < 4.78 is 2.03. The number of pyridine rings is 1. The molecule has 2 aromatic rings. The molecule has 0 saturated carbocycles. The molecule has 2 rings (SSSR count). The summed E-state index contributed by atoms with van der Waals surface area (Å²) >= 11 is 0. The van der Waals surface area contributed by atoms with Gasteiger partial charge in [-0.25, -0.2) is 4.68 Å². The fourth-order valence-electron chi connectivity index (χ4n) is 1.97. The molecule has 2 aromatic heterocycles. The van der Waals surface area contributed by atoms with Gasteiger partial charge in [-0.1, -0.05) is 34.6 Å². The molecule has 0 N–H and O–H groups in total. The molecule has 19 heavy (non-hydrogen) atoms. The number of aromatic nitrogens is 3. The fourth-order valence-corrected chi connectivity index (χ4v) is 1.97. The van der Waals surface area contributed by atoms with Crippen LogP contribution in [0.15, 0.2) is 24.4 Å². The average molecular weight is 257 g/mol. The Kier molecular flexibility index (Phi) is 3.48. The summed E-state index contributed by atoms with van der Waals surface area (Å²) in [6.07, 6.45) is 1.89. The number of hydrogen-bond acceptors (Lipinski definition) is 2. The van der Waals surface area contributed by atoms with E-state index in [1.165, 1.54) is 5.69 Å². The topological polar surface area (TPSA) is 30.7 Å². The highest BCUT2D eigenvalue weighted by molar-refractivity contribution is 5.34. The molecule has 0 spiro atoms. The summed E-state index contributed by atoms with van der Waals surface area (Å²) in [5.41, 5.74) is 4.47. The lowest BCUT2D eigenvalue weighted by Crippen LogP contribution is -2.12. The van der Waals surface area contributed by atoms with Crippen molar-refractivity contribution in [2.24, 2.45) is 0 Å². The lowest BCUT2D eigenvalue weighted by atomic mass is 9.92. The Balaban J connectivity index is 2.55. The van der Waals surface area contributed by atoms with Crippen molar-refractivity contribution in [2.45, 2.75) is 52.9 Å². The highest BCUT2D eigenvalue weighted by Gasteiger charge is 2.21. The standard InChI is InChI=1S/C16H23N3/c1-11(2)14-9-15(16(4,5)6)18-19(14)13-8-7-12(3)17-10-13/h7-11H,1-6H3. The van der Waals surface area contributed by atoms with E-state index in [-0.39, 0.29) is 5.41 Å². The Morgan fingerprint density at radius 1 is 1.16 bits per heavy atom. The SMILES string of the molecule is Cc1ccc(-n2nc(C(C)(C)C)cc2C(C)C)cn1. The van der Waals surface area contributed by atoms with Crippen molar-refractivity contribution < 1.29 is 0 Å². The maximum Gasteiger partial charge on any atom is 0.0832 e. The van der Waals surface area contributed by atoms with Gasteiger partial charge in [0, 0.05) is 16.8 Å². The number of nitrogens with zero attached hydrogens (tertiary/aromatic N) is 3. The van der Waals surface area contributed by atoms with Gasteiger partial charge in [0.05, 0.1) is 17.6 Å². The van der Waals surface area contributed by atoms with Gasteiger partial charge in [-0.15, -0.1) is 0 Å². The van der Waals surface area contributed by atoms with E-state index in [1.807, 2.05) is 23.9 Å². The van der Waals surface area contributed by atoms with Crippen molar-refractivity contribution in [3.05, 3.63) is 41.5 Å². The first-order valence-electron chi connectivity index (χ1n) is 6.82. The largest absolute Gasteiger partial charge is 0.259 e. The Labute approximate surface area is 115 Å². The van der Waals surface area contributed by atoms with Crippen molar-refractivity contribution in [3.8, 4) is 5.69 Å². The third-order valence-corrected chi connectivity index (χ3v) is 3.24. The molecule has 0 amide bonds. The van der Waals surface area contributed by atoms with Crippen LogP contribution in [0.3, 0.4) is 0 Å². The minimum absolute atomic E-state index is 0.0625. The van der Waals surface area contributed by atoms with Crippen molar-refractivity contribution in [1.82, 2.24) is 14.8 Å². The second-order valence-electron chi connectivity index (χ2n) is 6.43. The second-order valence-corrected chi connectivity index (χ2v) is 6.43. The van der Waals surface area contributed by atoms with Crippen LogP contribution in [0.5, 0.6) is 0 Å². The van der Waals surface area contributed by atoms with E-state index >= 15 is 0 Å². The van der Waals surface area contributed by atoms with Gasteiger partial charge in [0.25, 0.3) is 0 Å². The third kappa shape index (κ3) is 2.86. The molecular formula is C16H23N3. The van der Waals surface area contributed by atoms with Gasteiger partial charge in [0.15, 0.2) is 0 Å². The molecule has 3 heteroatoms. The first-order valence-corrected chi connectivity index (χ1v) is 6.82. The van der Waals surface area contributed by atoms with Gasteiger partial charge in [-0.3, -0.25) is 4.98 Å². The van der Waals surface area contributed by atoms with Crippen molar-refractivity contribution >= 4 is 0 Å². The molecule has 0 aliphatic carbocycles. The average Bonchev–Trinajstić information content (AvgIpc) is 2.74. The fraction of sp³-hybridized carbons (Fsp3) is 0.500. The maximum absolute atomic E-state index is 4.78. The number of hydrogen-bond donors (Lipinski definition) is 0. The zero-order valence-corrected chi connectivity index (χ0v) is 12.7. The predicted octanol–water partition coefficient (Wildman–Crippen LogP) is 4.00. The van der Waals surface area contributed by atoms with Gasteiger partial charge < -0.3 is 0 Å². The Morgan fingerprint density at radius 2 is 1.84 bits per heavy atom. The van der Waals surface area contributed by atoms with Gasteiger partial charge in [-0.05, 0) is 31.0 Å². The summed E-state index contributed by atoms with van der Waals surface area (Å²) in [7, 11) is 0. The van der Waals surface area contributed by atoms with E-state index < -0.39 is 0 Å². The molecule has 0 atom stereocenters. The van der Waals surface area contributed by atoms with E-state index in [0.29, 0.717) is 5.92 Å². The first-order chi connectivity index (χ1) is 8.79.